The molecule has 1 aromatic heterocycles. The highest BCUT2D eigenvalue weighted by atomic mass is 32.1. The molecule has 3 rings (SSSR count). The van der Waals surface area contributed by atoms with Gasteiger partial charge in [0.15, 0.2) is 0 Å². The average molecular weight is 467 g/mol. The summed E-state index contributed by atoms with van der Waals surface area (Å²) in [5.74, 6) is -0.966. The van der Waals surface area contributed by atoms with E-state index in [0.717, 1.165) is 5.69 Å². The number of benzene rings is 2. The Labute approximate surface area is 181 Å². The molecule has 0 aliphatic carbocycles. The number of rotatable bonds is 7. The molecular formula is C18H12F3N5O5S. The molecule has 10 nitrogen and oxygen atoms in total. The van der Waals surface area contributed by atoms with E-state index in [0.29, 0.717) is 10.7 Å². The molecule has 0 radical (unpaired) electrons. The number of hydrogen-bond donors (Lipinski definition) is 1. The molecule has 0 fully saturated rings. The van der Waals surface area contributed by atoms with Crippen molar-refractivity contribution >= 4 is 34.1 Å². The van der Waals surface area contributed by atoms with Crippen molar-refractivity contribution in [3.05, 3.63) is 78.8 Å². The molecular weight excluding hydrogens is 455 g/mol. The largest absolute Gasteiger partial charge is 0.444 e. The zero-order valence-corrected chi connectivity index (χ0v) is 16.8. The Balaban J connectivity index is 1.86. The number of aryl methyl sites for hydroxylation is 1. The fourth-order valence-electron chi connectivity index (χ4n) is 2.45. The van der Waals surface area contributed by atoms with Gasteiger partial charge in [-0.15, -0.1) is 11.3 Å². The van der Waals surface area contributed by atoms with E-state index in [1.54, 1.807) is 0 Å². The van der Waals surface area contributed by atoms with Crippen LogP contribution in [0.1, 0.15) is 16.8 Å². The maximum Gasteiger partial charge on any atom is 0.416 e. The molecule has 1 N–H and O–H groups in total. The summed E-state index contributed by atoms with van der Waals surface area (Å²) >= 11 is 1.36. The molecule has 32 heavy (non-hydrogen) atoms. The number of anilines is 1. The van der Waals surface area contributed by atoms with Gasteiger partial charge in [-0.25, -0.2) is 4.98 Å². The highest BCUT2D eigenvalue weighted by Gasteiger charge is 2.38. The van der Waals surface area contributed by atoms with Gasteiger partial charge in [0.05, 0.1) is 27.3 Å². The topological polar surface area (TPSA) is 133 Å². The van der Waals surface area contributed by atoms with Gasteiger partial charge in [-0.2, -0.15) is 18.3 Å². The molecule has 0 spiro atoms. The summed E-state index contributed by atoms with van der Waals surface area (Å²) in [7, 11) is 0. The summed E-state index contributed by atoms with van der Waals surface area (Å²) in [5, 5.41) is 28.9. The summed E-state index contributed by atoms with van der Waals surface area (Å²) in [6, 6.07) is 6.04. The van der Waals surface area contributed by atoms with E-state index in [2.05, 4.69) is 15.5 Å². The summed E-state index contributed by atoms with van der Waals surface area (Å²) in [4.78, 5) is 24.3. The lowest BCUT2D eigenvalue weighted by Crippen LogP contribution is -2.08. The van der Waals surface area contributed by atoms with Crippen LogP contribution in [-0.4, -0.2) is 21.0 Å². The number of nitrogens with zero attached hydrogens (tertiary/aromatic N) is 4. The second-order valence-corrected chi connectivity index (χ2v) is 7.05. The quantitative estimate of drug-likeness (QED) is 0.275. The number of hydrazone groups is 1. The van der Waals surface area contributed by atoms with Gasteiger partial charge in [0.1, 0.15) is 5.75 Å². The van der Waals surface area contributed by atoms with Gasteiger partial charge in [-0.3, -0.25) is 25.7 Å². The lowest BCUT2D eigenvalue weighted by molar-refractivity contribution is -0.396. The van der Waals surface area contributed by atoms with Crippen molar-refractivity contribution < 1.29 is 27.8 Å². The predicted octanol–water partition coefficient (Wildman–Crippen LogP) is 5.53. The van der Waals surface area contributed by atoms with E-state index in [4.69, 9.17) is 4.74 Å². The molecule has 3 aromatic rings. The van der Waals surface area contributed by atoms with Crippen LogP contribution in [0.5, 0.6) is 11.5 Å². The fourth-order valence-corrected chi connectivity index (χ4v) is 3.08. The minimum Gasteiger partial charge on any atom is -0.444 e. The molecule has 0 saturated heterocycles. The molecule has 1 heterocycles. The van der Waals surface area contributed by atoms with Crippen molar-refractivity contribution in [2.75, 3.05) is 5.43 Å². The van der Waals surface area contributed by atoms with Crippen LogP contribution in [0.4, 0.5) is 29.7 Å². The summed E-state index contributed by atoms with van der Waals surface area (Å²) in [5.41, 5.74) is 0.251. The molecule has 0 unspecified atom stereocenters. The summed E-state index contributed by atoms with van der Waals surface area (Å²) in [6.07, 6.45) is -3.57. The molecule has 0 saturated carbocycles. The zero-order valence-electron chi connectivity index (χ0n) is 16.0. The first-order chi connectivity index (χ1) is 15.0. The third-order valence-electron chi connectivity index (χ3n) is 3.86. The van der Waals surface area contributed by atoms with Gasteiger partial charge in [-0.1, -0.05) is 0 Å². The Bertz CT molecular complexity index is 1160. The van der Waals surface area contributed by atoms with Crippen LogP contribution >= 0.6 is 11.3 Å². The molecule has 14 heteroatoms. The van der Waals surface area contributed by atoms with E-state index in [1.807, 2.05) is 12.3 Å². The Hall–Kier alpha value is -4.07. The summed E-state index contributed by atoms with van der Waals surface area (Å²) in [6.45, 7) is 1.83. The van der Waals surface area contributed by atoms with E-state index in [1.165, 1.54) is 41.8 Å². The van der Waals surface area contributed by atoms with Crippen molar-refractivity contribution in [2.24, 2.45) is 5.10 Å². The molecule has 0 amide bonds. The molecule has 0 aliphatic heterocycles. The predicted molar refractivity (Wildman–Crippen MR) is 109 cm³/mol. The van der Waals surface area contributed by atoms with Gasteiger partial charge in [0, 0.05) is 17.5 Å². The Kier molecular flexibility index (Phi) is 6.34. The van der Waals surface area contributed by atoms with Crippen molar-refractivity contribution in [3.8, 4) is 11.5 Å². The number of halogens is 3. The zero-order chi connectivity index (χ0) is 23.5. The minimum atomic E-state index is -5.01. The van der Waals surface area contributed by atoms with Crippen LogP contribution in [-0.2, 0) is 6.18 Å². The Morgan fingerprint density at radius 2 is 1.72 bits per heavy atom. The Morgan fingerprint density at radius 1 is 1.12 bits per heavy atom. The van der Waals surface area contributed by atoms with Gasteiger partial charge >= 0.3 is 17.6 Å². The van der Waals surface area contributed by atoms with Crippen molar-refractivity contribution in [2.45, 2.75) is 13.1 Å². The monoisotopic (exact) mass is 467 g/mol. The minimum absolute atomic E-state index is 0.0587. The van der Waals surface area contributed by atoms with Gasteiger partial charge in [0.25, 0.3) is 5.75 Å². The van der Waals surface area contributed by atoms with Gasteiger partial charge < -0.3 is 4.74 Å². The number of nitro groups is 2. The third-order valence-corrected chi connectivity index (χ3v) is 4.73. The van der Waals surface area contributed by atoms with Crippen LogP contribution in [0.25, 0.3) is 0 Å². The van der Waals surface area contributed by atoms with Crippen molar-refractivity contribution in [1.82, 2.24) is 4.98 Å². The van der Waals surface area contributed by atoms with Crippen LogP contribution in [0.15, 0.2) is 46.9 Å². The van der Waals surface area contributed by atoms with Gasteiger partial charge in [-0.05, 0) is 36.8 Å². The van der Waals surface area contributed by atoms with Crippen LogP contribution in [0.2, 0.25) is 0 Å². The number of nitrogens with one attached hydrogen (secondary N) is 1. The maximum atomic E-state index is 13.0. The SMILES string of the molecule is Cc1csc(NN=Cc2ccc(Oc3c([N+](=O)[O-])cc(C(F)(F)F)cc3[N+](=O)[O-])cc2)n1. The fraction of sp³-hybridized carbons (Fsp3) is 0.111. The number of alkyl halides is 3. The number of nitro benzene ring substituents is 2. The van der Waals surface area contributed by atoms with Crippen LogP contribution in [0.3, 0.4) is 0 Å². The van der Waals surface area contributed by atoms with Crippen molar-refractivity contribution in [3.63, 3.8) is 0 Å². The number of aromatic nitrogens is 1. The van der Waals surface area contributed by atoms with E-state index in [9.17, 15) is 33.4 Å². The van der Waals surface area contributed by atoms with Crippen LogP contribution in [0, 0.1) is 27.2 Å². The first-order valence-electron chi connectivity index (χ1n) is 8.57. The number of ether oxygens (including phenoxy) is 1. The average Bonchev–Trinajstić information content (AvgIpc) is 3.13. The molecule has 0 aliphatic rings. The van der Waals surface area contributed by atoms with Crippen LogP contribution < -0.4 is 10.2 Å². The van der Waals surface area contributed by atoms with E-state index >= 15 is 0 Å². The smallest absolute Gasteiger partial charge is 0.416 e. The molecule has 2 aromatic carbocycles. The molecule has 166 valence electrons. The highest BCUT2D eigenvalue weighted by Crippen LogP contribution is 2.44. The second-order valence-electron chi connectivity index (χ2n) is 6.19. The highest BCUT2D eigenvalue weighted by molar-refractivity contribution is 7.13. The van der Waals surface area contributed by atoms with Crippen molar-refractivity contribution in [1.29, 1.82) is 0 Å². The maximum absolute atomic E-state index is 13.0. The summed E-state index contributed by atoms with van der Waals surface area (Å²) < 4.78 is 44.2. The number of thiazole rings is 1. The molecule has 0 bridgehead atoms. The lowest BCUT2D eigenvalue weighted by Gasteiger charge is -2.11. The van der Waals surface area contributed by atoms with E-state index in [-0.39, 0.29) is 17.9 Å². The second kappa shape index (κ2) is 8.97. The van der Waals surface area contributed by atoms with E-state index < -0.39 is 38.7 Å². The lowest BCUT2D eigenvalue weighted by atomic mass is 10.1. The standard InChI is InChI=1S/C18H12F3N5O5S/c1-10-9-32-17(23-10)24-22-8-11-2-4-13(5-3-11)31-16-14(25(27)28)6-12(18(19,20)21)7-15(16)26(29)30/h2-9H,1H3,(H,23,24). The molecule has 0 atom stereocenters. The van der Waals surface area contributed by atoms with Gasteiger partial charge in [0.2, 0.25) is 5.13 Å². The first-order valence-corrected chi connectivity index (χ1v) is 9.45. The third kappa shape index (κ3) is 5.34. The number of hydrogen-bond acceptors (Lipinski definition) is 9. The Morgan fingerprint density at radius 3 is 2.19 bits per heavy atom. The normalized spacial score (nSPS) is 11.5. The first kappa shape index (κ1) is 22.6.